The third-order valence-corrected chi connectivity index (χ3v) is 4.91. The van der Waals surface area contributed by atoms with Gasteiger partial charge in [-0.05, 0) is 11.8 Å². The maximum Gasteiger partial charge on any atom is 0.280 e. The van der Waals surface area contributed by atoms with E-state index in [1.807, 2.05) is 0 Å². The molecule has 11 nitrogen and oxygen atoms in total. The molecular formula is C15H20N5O6PS. The van der Waals surface area contributed by atoms with Gasteiger partial charge >= 0.3 is 0 Å². The first kappa shape index (κ1) is 20.9. The molecule has 5 atom stereocenters. The summed E-state index contributed by atoms with van der Waals surface area (Å²) in [5.41, 5.74) is 5.47. The molecule has 2 aromatic rings. The molecule has 152 valence electrons. The van der Waals surface area contributed by atoms with Crippen LogP contribution in [0.5, 0.6) is 0 Å². The molecule has 0 radical (unpaired) electrons. The predicted molar refractivity (Wildman–Crippen MR) is 104 cm³/mol. The first-order valence-corrected chi connectivity index (χ1v) is 11.3. The van der Waals surface area contributed by atoms with Gasteiger partial charge in [-0.3, -0.25) is 14.3 Å². The first-order chi connectivity index (χ1) is 13.2. The van der Waals surface area contributed by atoms with Crippen LogP contribution in [0.1, 0.15) is 6.23 Å². The van der Waals surface area contributed by atoms with Gasteiger partial charge in [-0.25, -0.2) is 4.98 Å². The molecule has 1 saturated heterocycles. The fourth-order valence-corrected chi connectivity index (χ4v) is 4.04. The van der Waals surface area contributed by atoms with Crippen molar-refractivity contribution in [1.82, 2.24) is 19.5 Å². The standard InChI is InChI=1S/C15H20N5O6PS/c1-4-5-24-11-10(26-27(3,22)28)8(6-23-2)25-14(11)20-7-17-9-12(20)18-15(16)19-13(9)21/h1,7-8,10-11,14H,5-6H2,2-3H3,(H,22,28)(H3,16,18,19,21)/t8-,10+,11+,14-,27?/m1/s1. The number of hydrogen-bond donors (Lipinski definition) is 3. The predicted octanol–water partition coefficient (Wildman–Crippen LogP) is -0.419. The molecule has 0 bridgehead atoms. The Bertz CT molecular complexity index is 997. The molecular weight excluding hydrogens is 409 g/mol. The summed E-state index contributed by atoms with van der Waals surface area (Å²) in [6.45, 7) is -1.53. The minimum Gasteiger partial charge on any atom is -0.382 e. The number of imidazole rings is 1. The molecule has 0 saturated carbocycles. The largest absolute Gasteiger partial charge is 0.382 e. The molecule has 1 aliphatic rings. The van der Waals surface area contributed by atoms with Gasteiger partial charge in [0.1, 0.15) is 24.9 Å². The fraction of sp³-hybridized carbons (Fsp3) is 0.533. The quantitative estimate of drug-likeness (QED) is 0.392. The van der Waals surface area contributed by atoms with E-state index in [0.29, 0.717) is 0 Å². The fourth-order valence-electron chi connectivity index (χ4n) is 3.03. The molecule has 3 rings (SSSR count). The van der Waals surface area contributed by atoms with Gasteiger partial charge in [-0.1, -0.05) is 5.92 Å². The monoisotopic (exact) mass is 429 g/mol. The van der Waals surface area contributed by atoms with Crippen molar-refractivity contribution < 1.29 is 23.6 Å². The van der Waals surface area contributed by atoms with Gasteiger partial charge in [0.2, 0.25) is 5.95 Å². The van der Waals surface area contributed by atoms with Gasteiger partial charge in [0.25, 0.3) is 5.56 Å². The van der Waals surface area contributed by atoms with E-state index in [1.54, 1.807) is 0 Å². The molecule has 0 aromatic carbocycles. The lowest BCUT2D eigenvalue weighted by Crippen LogP contribution is -2.37. The van der Waals surface area contributed by atoms with E-state index in [1.165, 1.54) is 24.7 Å². The molecule has 13 heteroatoms. The first-order valence-electron chi connectivity index (χ1n) is 8.15. The van der Waals surface area contributed by atoms with Crippen LogP contribution in [0.2, 0.25) is 0 Å². The minimum absolute atomic E-state index is 0.0368. The number of nitrogens with one attached hydrogen (secondary N) is 1. The summed E-state index contributed by atoms with van der Waals surface area (Å²) in [5.74, 6) is 2.32. The lowest BCUT2D eigenvalue weighted by Gasteiger charge is -2.26. The zero-order valence-corrected chi connectivity index (χ0v) is 16.9. The van der Waals surface area contributed by atoms with Crippen molar-refractivity contribution in [3.05, 3.63) is 16.7 Å². The van der Waals surface area contributed by atoms with Gasteiger partial charge in [-0.15, -0.1) is 6.42 Å². The Labute approximate surface area is 165 Å². The van der Waals surface area contributed by atoms with E-state index in [-0.39, 0.29) is 30.3 Å². The number of hydrogen-bond acceptors (Lipinski definition) is 9. The van der Waals surface area contributed by atoms with Crippen molar-refractivity contribution in [2.24, 2.45) is 0 Å². The summed E-state index contributed by atoms with van der Waals surface area (Å²) in [5, 5.41) is 0. The topological polar surface area (TPSA) is 147 Å². The number of aromatic amines is 1. The number of nitrogen functional groups attached to an aromatic ring is 1. The smallest absolute Gasteiger partial charge is 0.280 e. The number of rotatable bonds is 7. The Kier molecular flexibility index (Phi) is 6.16. The highest BCUT2D eigenvalue weighted by molar-refractivity contribution is 8.09. The molecule has 2 aromatic heterocycles. The van der Waals surface area contributed by atoms with Crippen molar-refractivity contribution in [2.45, 2.75) is 24.5 Å². The van der Waals surface area contributed by atoms with Gasteiger partial charge in [0.15, 0.2) is 23.9 Å². The van der Waals surface area contributed by atoms with Crippen LogP contribution in [0.4, 0.5) is 5.95 Å². The molecule has 3 heterocycles. The Morgan fingerprint density at radius 1 is 1.57 bits per heavy atom. The number of nitrogens with zero attached hydrogens (tertiary/aromatic N) is 3. The number of nitrogens with two attached hydrogens (primary N) is 1. The molecule has 0 amide bonds. The zero-order valence-electron chi connectivity index (χ0n) is 15.1. The van der Waals surface area contributed by atoms with E-state index >= 15 is 0 Å². The summed E-state index contributed by atoms with van der Waals surface area (Å²) in [6.07, 6.45) is 3.73. The second kappa shape index (κ2) is 8.26. The second-order valence-corrected chi connectivity index (χ2v) is 10.00. The van der Waals surface area contributed by atoms with Crippen LogP contribution in [-0.2, 0) is 30.5 Å². The Balaban J connectivity index is 2.06. The molecule has 1 aliphatic heterocycles. The third-order valence-electron chi connectivity index (χ3n) is 4.02. The Morgan fingerprint density at radius 2 is 2.32 bits per heavy atom. The molecule has 4 N–H and O–H groups in total. The van der Waals surface area contributed by atoms with Crippen LogP contribution in [0.25, 0.3) is 11.2 Å². The molecule has 1 unspecified atom stereocenters. The van der Waals surface area contributed by atoms with Crippen molar-refractivity contribution >= 4 is 35.4 Å². The number of terminal acetylenes is 1. The minimum atomic E-state index is -3.06. The number of methoxy groups -OCH3 is 1. The van der Waals surface area contributed by atoms with Crippen LogP contribution in [-0.4, -0.2) is 69.7 Å². The van der Waals surface area contributed by atoms with Crippen LogP contribution in [0, 0.1) is 12.3 Å². The van der Waals surface area contributed by atoms with Gasteiger partial charge in [-0.2, -0.15) is 4.98 Å². The van der Waals surface area contributed by atoms with E-state index < -0.39 is 36.6 Å². The number of H-pyrrole nitrogens is 1. The third kappa shape index (κ3) is 4.26. The highest BCUT2D eigenvalue weighted by Crippen LogP contribution is 2.45. The van der Waals surface area contributed by atoms with Crippen LogP contribution in [0.15, 0.2) is 11.1 Å². The van der Waals surface area contributed by atoms with Gasteiger partial charge < -0.3 is 29.4 Å². The lowest BCUT2D eigenvalue weighted by atomic mass is 10.1. The Morgan fingerprint density at radius 3 is 2.96 bits per heavy atom. The van der Waals surface area contributed by atoms with Crippen LogP contribution < -0.4 is 11.3 Å². The summed E-state index contributed by atoms with van der Waals surface area (Å²) in [7, 11) is 1.50. The highest BCUT2D eigenvalue weighted by Gasteiger charge is 2.49. The van der Waals surface area contributed by atoms with Crippen molar-refractivity contribution in [3.63, 3.8) is 0 Å². The van der Waals surface area contributed by atoms with Crippen molar-refractivity contribution in [2.75, 3.05) is 32.7 Å². The lowest BCUT2D eigenvalue weighted by molar-refractivity contribution is -0.0670. The zero-order chi connectivity index (χ0) is 20.5. The highest BCUT2D eigenvalue weighted by atomic mass is 32.5. The number of fused-ring (bicyclic) bond motifs is 1. The maximum absolute atomic E-state index is 12.1. The maximum atomic E-state index is 12.1. The normalized spacial score (nSPS) is 26.9. The molecule has 0 aliphatic carbocycles. The number of aromatic nitrogens is 4. The molecule has 0 spiro atoms. The number of anilines is 1. The summed E-state index contributed by atoms with van der Waals surface area (Å²) >= 11 is 5.03. The second-order valence-electron chi connectivity index (χ2n) is 6.15. The molecule has 28 heavy (non-hydrogen) atoms. The SMILES string of the molecule is C#CCO[C@H]1[C@@H](OP(C)(O)=S)[C@@H](COC)O[C@H]1n1cnc2c(=O)[nH]c(N)nc21. The van der Waals surface area contributed by atoms with Gasteiger partial charge in [0.05, 0.1) is 12.9 Å². The van der Waals surface area contributed by atoms with E-state index in [0.717, 1.165) is 0 Å². The van der Waals surface area contributed by atoms with Crippen molar-refractivity contribution in [1.29, 1.82) is 0 Å². The Hall–Kier alpha value is -1.84. The van der Waals surface area contributed by atoms with Crippen LogP contribution in [0.3, 0.4) is 0 Å². The summed E-state index contributed by atoms with van der Waals surface area (Å²) in [6, 6.07) is 0. The van der Waals surface area contributed by atoms with Gasteiger partial charge in [0, 0.05) is 13.8 Å². The van der Waals surface area contributed by atoms with Crippen molar-refractivity contribution in [3.8, 4) is 12.3 Å². The average Bonchev–Trinajstić information content (AvgIpc) is 3.14. The van der Waals surface area contributed by atoms with E-state index in [4.69, 9.17) is 42.7 Å². The average molecular weight is 429 g/mol. The van der Waals surface area contributed by atoms with E-state index in [2.05, 4.69) is 20.9 Å². The van der Waals surface area contributed by atoms with Crippen LogP contribution >= 0.6 is 6.49 Å². The molecule has 1 fully saturated rings. The summed E-state index contributed by atoms with van der Waals surface area (Å²) in [4.78, 5) is 32.7. The summed E-state index contributed by atoms with van der Waals surface area (Å²) < 4.78 is 24.2. The van der Waals surface area contributed by atoms with E-state index in [9.17, 15) is 9.69 Å². The number of ether oxygens (including phenoxy) is 3.